The molecule has 0 aliphatic heterocycles. The van der Waals surface area contributed by atoms with Gasteiger partial charge in [0.15, 0.2) is 0 Å². The van der Waals surface area contributed by atoms with Crippen molar-refractivity contribution in [3.8, 4) is 12.3 Å². The second kappa shape index (κ2) is 8.91. The molecule has 13 heavy (non-hydrogen) atoms. The molecule has 0 atom stereocenters. The van der Waals surface area contributed by atoms with Gasteiger partial charge in [0.1, 0.15) is 0 Å². The first-order valence-corrected chi connectivity index (χ1v) is 4.18. The van der Waals surface area contributed by atoms with Crippen molar-refractivity contribution in [2.75, 3.05) is 0 Å². The van der Waals surface area contributed by atoms with Crippen LogP contribution in [0.2, 0.25) is 0 Å². The van der Waals surface area contributed by atoms with Crippen LogP contribution >= 0.6 is 0 Å². The van der Waals surface area contributed by atoms with E-state index in [0.717, 1.165) is 32.1 Å². The Kier molecular flexibility index (Phi) is 10.8. The van der Waals surface area contributed by atoms with E-state index in [0.29, 0.717) is 5.92 Å². The van der Waals surface area contributed by atoms with Gasteiger partial charge in [0.25, 0.3) is 0 Å². The van der Waals surface area contributed by atoms with E-state index < -0.39 is 0 Å². The van der Waals surface area contributed by atoms with Gasteiger partial charge in [0, 0.05) is 39.1 Å². The zero-order valence-corrected chi connectivity index (χ0v) is 11.1. The van der Waals surface area contributed by atoms with Crippen LogP contribution in [0.25, 0.3) is 0 Å². The number of carbonyl (C=O) groups excluding carboxylic acids is 1. The summed E-state index contributed by atoms with van der Waals surface area (Å²) in [6, 6.07) is 0. The molecular formula is C11H16OY-2. The normalized spacial score (nSPS) is 26.1. The van der Waals surface area contributed by atoms with Gasteiger partial charge < -0.3 is 12.2 Å². The maximum absolute atomic E-state index is 10.3. The molecule has 0 spiro atoms. The van der Waals surface area contributed by atoms with Gasteiger partial charge in [-0.2, -0.15) is 0 Å². The minimum Gasteiger partial charge on any atom is -0.542 e. The molecule has 0 aromatic carbocycles. The van der Waals surface area contributed by atoms with Crippen LogP contribution in [-0.2, 0) is 37.5 Å². The molecule has 71 valence electrons. The topological polar surface area (TPSA) is 17.1 Å². The molecule has 1 saturated carbocycles. The van der Waals surface area contributed by atoms with E-state index in [4.69, 9.17) is 6.42 Å². The second-order valence-corrected chi connectivity index (χ2v) is 3.24. The fraction of sp³-hybridized carbons (Fsp3) is 0.636. The Balaban J connectivity index is 0. The third-order valence-corrected chi connectivity index (χ3v) is 2.42. The van der Waals surface area contributed by atoms with Gasteiger partial charge in [-0.3, -0.25) is 6.29 Å². The number of hydrogen-bond donors (Lipinski definition) is 0. The first kappa shape index (κ1) is 15.8. The van der Waals surface area contributed by atoms with Gasteiger partial charge in [0.05, 0.1) is 0 Å². The molecule has 0 bridgehead atoms. The first-order valence-electron chi connectivity index (χ1n) is 4.18. The van der Waals surface area contributed by atoms with Gasteiger partial charge in [-0.1, -0.05) is 25.7 Å². The Labute approximate surface area is 107 Å². The van der Waals surface area contributed by atoms with Crippen LogP contribution in [0, 0.1) is 31.6 Å². The summed E-state index contributed by atoms with van der Waals surface area (Å²) in [4.78, 5) is 10.3. The third-order valence-electron chi connectivity index (χ3n) is 2.42. The van der Waals surface area contributed by atoms with Crippen molar-refractivity contribution in [1.82, 2.24) is 0 Å². The second-order valence-electron chi connectivity index (χ2n) is 3.24. The summed E-state index contributed by atoms with van der Waals surface area (Å²) in [7, 11) is 0. The molecule has 2 heteroatoms. The molecule has 0 aromatic rings. The molecule has 0 aromatic heterocycles. The Morgan fingerprint density at radius 1 is 1.31 bits per heavy atom. The summed E-state index contributed by atoms with van der Waals surface area (Å²) in [6.45, 7) is 0. The average Bonchev–Trinajstić information content (AvgIpc) is 2.07. The van der Waals surface area contributed by atoms with Crippen LogP contribution in [0.15, 0.2) is 0 Å². The SMILES string of the molecule is C#CCC1CCC([C-]=O)CC1.[CH3-].[Y]. The van der Waals surface area contributed by atoms with Gasteiger partial charge in [0.2, 0.25) is 0 Å². The Hall–Kier alpha value is 0.334. The van der Waals surface area contributed by atoms with Crippen molar-refractivity contribution in [2.45, 2.75) is 32.1 Å². The predicted molar refractivity (Wildman–Crippen MR) is 51.0 cm³/mol. The fourth-order valence-electron chi connectivity index (χ4n) is 1.65. The van der Waals surface area contributed by atoms with Crippen LogP contribution in [0.4, 0.5) is 0 Å². The van der Waals surface area contributed by atoms with Gasteiger partial charge in [-0.15, -0.1) is 18.3 Å². The van der Waals surface area contributed by atoms with Crippen molar-refractivity contribution in [3.63, 3.8) is 0 Å². The molecule has 1 rings (SSSR count). The molecule has 1 aliphatic rings. The summed E-state index contributed by atoms with van der Waals surface area (Å²) in [5.74, 6) is 3.54. The van der Waals surface area contributed by atoms with E-state index in [1.165, 1.54) is 0 Å². The molecule has 0 N–H and O–H groups in total. The number of rotatable bonds is 2. The van der Waals surface area contributed by atoms with E-state index in [1.807, 2.05) is 0 Å². The predicted octanol–water partition coefficient (Wildman–Crippen LogP) is 2.37. The Bertz CT molecular complexity index is 163. The van der Waals surface area contributed by atoms with Gasteiger partial charge in [-0.25, -0.2) is 0 Å². The summed E-state index contributed by atoms with van der Waals surface area (Å²) in [5.41, 5.74) is 0. The fourth-order valence-corrected chi connectivity index (χ4v) is 1.65. The van der Waals surface area contributed by atoms with Crippen molar-refractivity contribution in [3.05, 3.63) is 7.43 Å². The van der Waals surface area contributed by atoms with Crippen LogP contribution in [0.5, 0.6) is 0 Å². The van der Waals surface area contributed by atoms with Crippen molar-refractivity contribution >= 4 is 6.29 Å². The molecule has 1 fully saturated rings. The quantitative estimate of drug-likeness (QED) is 0.545. The van der Waals surface area contributed by atoms with Crippen molar-refractivity contribution < 1.29 is 37.5 Å². The largest absolute Gasteiger partial charge is 0.542 e. The molecule has 0 saturated heterocycles. The molecule has 0 amide bonds. The first-order chi connectivity index (χ1) is 5.36. The van der Waals surface area contributed by atoms with Crippen molar-refractivity contribution in [1.29, 1.82) is 0 Å². The monoisotopic (exact) mass is 253 g/mol. The summed E-state index contributed by atoms with van der Waals surface area (Å²) in [5, 5.41) is 0. The van der Waals surface area contributed by atoms with Gasteiger partial charge in [-0.05, 0) is 5.92 Å². The molecule has 1 nitrogen and oxygen atoms in total. The Morgan fingerprint density at radius 2 is 1.85 bits per heavy atom. The van der Waals surface area contributed by atoms with E-state index in [9.17, 15) is 4.79 Å². The molecule has 0 unspecified atom stereocenters. The summed E-state index contributed by atoms with van der Waals surface area (Å²) < 4.78 is 0. The van der Waals surface area contributed by atoms with E-state index in [1.54, 1.807) is 0 Å². The summed E-state index contributed by atoms with van der Waals surface area (Å²) in [6.07, 6.45) is 12.4. The molecule has 1 aliphatic carbocycles. The van der Waals surface area contributed by atoms with E-state index in [-0.39, 0.29) is 46.1 Å². The number of hydrogen-bond acceptors (Lipinski definition) is 1. The van der Waals surface area contributed by atoms with Crippen LogP contribution in [0.1, 0.15) is 32.1 Å². The van der Waals surface area contributed by atoms with Gasteiger partial charge >= 0.3 is 0 Å². The van der Waals surface area contributed by atoms with Crippen LogP contribution < -0.4 is 0 Å². The van der Waals surface area contributed by atoms with Crippen LogP contribution in [-0.4, -0.2) is 6.29 Å². The minimum absolute atomic E-state index is 0. The number of terminal acetylenes is 1. The van der Waals surface area contributed by atoms with Crippen LogP contribution in [0.3, 0.4) is 0 Å². The van der Waals surface area contributed by atoms with E-state index in [2.05, 4.69) is 12.2 Å². The molecular weight excluding hydrogens is 237 g/mol. The van der Waals surface area contributed by atoms with E-state index >= 15 is 0 Å². The smallest absolute Gasteiger partial charge is 0.0114 e. The average molecular weight is 253 g/mol. The zero-order chi connectivity index (χ0) is 8.10. The maximum atomic E-state index is 10.3. The Morgan fingerprint density at radius 3 is 2.23 bits per heavy atom. The third kappa shape index (κ3) is 5.60. The van der Waals surface area contributed by atoms with Crippen molar-refractivity contribution in [2.24, 2.45) is 11.8 Å². The molecule has 0 heterocycles. The standard InChI is InChI=1S/C10H13O.CH3.Y/c1-2-3-9-4-6-10(8-11)7-5-9;;/h1,9-10H,3-7H2;1H3;/q2*-1;. The molecule has 1 radical (unpaired) electrons. The maximum Gasteiger partial charge on any atom is 0.0114 e. The summed E-state index contributed by atoms with van der Waals surface area (Å²) >= 11 is 0. The minimum atomic E-state index is 0. The zero-order valence-electron chi connectivity index (χ0n) is 8.25.